The van der Waals surface area contributed by atoms with Crippen molar-refractivity contribution in [1.82, 2.24) is 5.32 Å². The topological polar surface area (TPSA) is 125 Å². The van der Waals surface area contributed by atoms with Crippen LogP contribution in [0.1, 0.15) is 44.1 Å². The van der Waals surface area contributed by atoms with E-state index in [2.05, 4.69) is 5.32 Å². The fraction of sp³-hybridized carbons (Fsp3) is 0.500. The number of nitrogens with one attached hydrogen (secondary N) is 1. The molecule has 0 radical (unpaired) electrons. The molecule has 0 saturated carbocycles. The van der Waals surface area contributed by atoms with Crippen molar-refractivity contribution in [2.75, 3.05) is 6.61 Å². The van der Waals surface area contributed by atoms with Gasteiger partial charge in [0.1, 0.15) is 6.61 Å². The molecule has 1 atom stereocenters. The molecule has 5 N–H and O–H groups in total. The summed E-state index contributed by atoms with van der Waals surface area (Å²) in [6.07, 6.45) is 3.99. The molecule has 0 spiro atoms. The van der Waals surface area contributed by atoms with Gasteiger partial charge in [0.15, 0.2) is 11.6 Å². The first kappa shape index (κ1) is 21.4. The maximum atomic E-state index is 14.5. The third kappa shape index (κ3) is 8.46. The third-order valence-electron chi connectivity index (χ3n) is 3.90. The van der Waals surface area contributed by atoms with Crippen molar-refractivity contribution in [3.63, 3.8) is 0 Å². The van der Waals surface area contributed by atoms with Crippen LogP contribution in [0.5, 0.6) is 5.75 Å². The molecule has 0 aliphatic heterocycles. The van der Waals surface area contributed by atoms with Crippen LogP contribution in [0.4, 0.5) is 4.39 Å². The summed E-state index contributed by atoms with van der Waals surface area (Å²) in [5.74, 6) is -1.16. The van der Waals surface area contributed by atoms with Crippen molar-refractivity contribution in [1.29, 1.82) is 0 Å². The predicted octanol–water partition coefficient (Wildman–Crippen LogP) is 1.17. The SMILES string of the molecule is NC(=O)CCCCCc1cccc(OC[C@H](CCC(N)=O)NC=O)c1F. The average molecular weight is 367 g/mol. The smallest absolute Gasteiger partial charge is 0.217 e. The summed E-state index contributed by atoms with van der Waals surface area (Å²) in [6.45, 7) is 0.0327. The Morgan fingerprint density at radius 3 is 2.54 bits per heavy atom. The maximum Gasteiger partial charge on any atom is 0.217 e. The first-order chi connectivity index (χ1) is 12.4. The van der Waals surface area contributed by atoms with E-state index in [9.17, 15) is 18.8 Å². The number of ether oxygens (including phenoxy) is 1. The summed E-state index contributed by atoms with van der Waals surface area (Å²) in [5, 5.41) is 2.53. The summed E-state index contributed by atoms with van der Waals surface area (Å²) < 4.78 is 20.0. The Labute approximate surface area is 152 Å². The van der Waals surface area contributed by atoms with E-state index in [4.69, 9.17) is 16.2 Å². The van der Waals surface area contributed by atoms with Crippen LogP contribution in [-0.2, 0) is 20.8 Å². The number of benzene rings is 1. The predicted molar refractivity (Wildman–Crippen MR) is 94.7 cm³/mol. The largest absolute Gasteiger partial charge is 0.488 e. The minimum Gasteiger partial charge on any atom is -0.488 e. The Morgan fingerprint density at radius 1 is 1.15 bits per heavy atom. The fourth-order valence-electron chi connectivity index (χ4n) is 2.47. The lowest BCUT2D eigenvalue weighted by molar-refractivity contribution is -0.119. The Hall–Kier alpha value is -2.64. The molecule has 144 valence electrons. The second-order valence-corrected chi connectivity index (χ2v) is 6.05. The number of rotatable bonds is 14. The Kier molecular flexibility index (Phi) is 9.74. The Balaban J connectivity index is 2.54. The number of hydrogen-bond donors (Lipinski definition) is 3. The molecule has 1 rings (SSSR count). The average Bonchev–Trinajstić information content (AvgIpc) is 2.59. The fourth-order valence-corrected chi connectivity index (χ4v) is 2.47. The van der Waals surface area contributed by atoms with E-state index in [1.807, 2.05) is 0 Å². The van der Waals surface area contributed by atoms with Crippen LogP contribution in [0.15, 0.2) is 18.2 Å². The van der Waals surface area contributed by atoms with Crippen LogP contribution in [-0.4, -0.2) is 30.9 Å². The molecule has 26 heavy (non-hydrogen) atoms. The molecule has 1 aromatic carbocycles. The second kappa shape index (κ2) is 11.8. The zero-order valence-electron chi connectivity index (χ0n) is 14.7. The van der Waals surface area contributed by atoms with Gasteiger partial charge in [-0.25, -0.2) is 4.39 Å². The van der Waals surface area contributed by atoms with Crippen LogP contribution in [0.25, 0.3) is 0 Å². The minimum absolute atomic E-state index is 0.0327. The van der Waals surface area contributed by atoms with Crippen molar-refractivity contribution in [3.05, 3.63) is 29.6 Å². The highest BCUT2D eigenvalue weighted by Gasteiger charge is 2.13. The van der Waals surface area contributed by atoms with Crippen LogP contribution in [0.3, 0.4) is 0 Å². The van der Waals surface area contributed by atoms with E-state index in [1.165, 1.54) is 6.07 Å². The van der Waals surface area contributed by atoms with Gasteiger partial charge < -0.3 is 21.5 Å². The van der Waals surface area contributed by atoms with Gasteiger partial charge in [0.2, 0.25) is 18.2 Å². The number of hydrogen-bond acceptors (Lipinski definition) is 4. The summed E-state index contributed by atoms with van der Waals surface area (Å²) >= 11 is 0. The van der Waals surface area contributed by atoms with E-state index in [-0.39, 0.29) is 24.7 Å². The lowest BCUT2D eigenvalue weighted by Crippen LogP contribution is -2.34. The Bertz CT molecular complexity index is 610. The van der Waals surface area contributed by atoms with Crippen molar-refractivity contribution < 1.29 is 23.5 Å². The molecule has 0 aromatic heterocycles. The van der Waals surface area contributed by atoms with Gasteiger partial charge >= 0.3 is 0 Å². The van der Waals surface area contributed by atoms with Gasteiger partial charge in [-0.1, -0.05) is 18.6 Å². The highest BCUT2D eigenvalue weighted by atomic mass is 19.1. The highest BCUT2D eigenvalue weighted by molar-refractivity contribution is 5.74. The van der Waals surface area contributed by atoms with Crippen molar-refractivity contribution in [2.24, 2.45) is 11.5 Å². The zero-order valence-corrected chi connectivity index (χ0v) is 14.7. The van der Waals surface area contributed by atoms with E-state index >= 15 is 0 Å². The zero-order chi connectivity index (χ0) is 19.4. The molecular weight excluding hydrogens is 341 g/mol. The first-order valence-corrected chi connectivity index (χ1v) is 8.60. The van der Waals surface area contributed by atoms with Gasteiger partial charge in [-0.05, 0) is 37.3 Å². The number of aryl methyl sites for hydroxylation is 1. The summed E-state index contributed by atoms with van der Waals surface area (Å²) in [5.41, 5.74) is 10.7. The van der Waals surface area contributed by atoms with E-state index < -0.39 is 17.8 Å². The molecule has 1 aromatic rings. The molecule has 0 unspecified atom stereocenters. The molecule has 0 heterocycles. The van der Waals surface area contributed by atoms with Crippen LogP contribution in [0, 0.1) is 5.82 Å². The van der Waals surface area contributed by atoms with Crippen molar-refractivity contribution in [2.45, 2.75) is 51.0 Å². The highest BCUT2D eigenvalue weighted by Crippen LogP contribution is 2.22. The molecule has 0 aliphatic carbocycles. The lowest BCUT2D eigenvalue weighted by atomic mass is 10.1. The van der Waals surface area contributed by atoms with Gasteiger partial charge in [0.05, 0.1) is 6.04 Å². The first-order valence-electron chi connectivity index (χ1n) is 8.60. The van der Waals surface area contributed by atoms with Crippen LogP contribution in [0.2, 0.25) is 0 Å². The maximum absolute atomic E-state index is 14.5. The second-order valence-electron chi connectivity index (χ2n) is 6.05. The summed E-state index contributed by atoms with van der Waals surface area (Å²) in [4.78, 5) is 32.1. The number of nitrogens with two attached hydrogens (primary N) is 2. The third-order valence-corrected chi connectivity index (χ3v) is 3.90. The minimum atomic E-state index is -0.479. The van der Waals surface area contributed by atoms with Gasteiger partial charge in [-0.3, -0.25) is 14.4 Å². The lowest BCUT2D eigenvalue weighted by Gasteiger charge is -2.17. The quantitative estimate of drug-likeness (QED) is 0.337. The molecule has 0 bridgehead atoms. The molecule has 3 amide bonds. The molecule has 0 saturated heterocycles. The number of carbonyl (C=O) groups excluding carboxylic acids is 3. The summed E-state index contributed by atoms with van der Waals surface area (Å²) in [6, 6.07) is 4.46. The molecule has 7 nitrogen and oxygen atoms in total. The number of carbonyl (C=O) groups is 3. The van der Waals surface area contributed by atoms with E-state index in [0.717, 1.165) is 12.8 Å². The van der Waals surface area contributed by atoms with Crippen LogP contribution < -0.4 is 21.5 Å². The molecule has 0 fully saturated rings. The van der Waals surface area contributed by atoms with E-state index in [0.29, 0.717) is 37.7 Å². The molecule has 0 aliphatic rings. The normalized spacial score (nSPS) is 11.6. The van der Waals surface area contributed by atoms with Crippen molar-refractivity contribution in [3.8, 4) is 5.75 Å². The summed E-state index contributed by atoms with van der Waals surface area (Å²) in [7, 11) is 0. The van der Waals surface area contributed by atoms with Gasteiger partial charge in [0.25, 0.3) is 0 Å². The number of halogens is 1. The monoisotopic (exact) mass is 367 g/mol. The van der Waals surface area contributed by atoms with Gasteiger partial charge in [0, 0.05) is 12.8 Å². The van der Waals surface area contributed by atoms with Gasteiger partial charge in [-0.2, -0.15) is 0 Å². The van der Waals surface area contributed by atoms with E-state index in [1.54, 1.807) is 12.1 Å². The standard InChI is InChI=1S/C18H26FN3O4/c19-18-13(5-2-1-3-8-16(20)24)6-4-7-15(18)26-11-14(22-12-23)9-10-17(21)25/h4,6-7,12,14H,1-3,5,8-11H2,(H2,20,24)(H2,21,25)(H,22,23)/t14-/m0/s1. The molecule has 8 heteroatoms. The Morgan fingerprint density at radius 2 is 1.88 bits per heavy atom. The van der Waals surface area contributed by atoms with Crippen LogP contribution >= 0.6 is 0 Å². The van der Waals surface area contributed by atoms with Crippen molar-refractivity contribution >= 4 is 18.2 Å². The van der Waals surface area contributed by atoms with Gasteiger partial charge in [-0.15, -0.1) is 0 Å². The number of unbranched alkanes of at least 4 members (excludes halogenated alkanes) is 2. The number of primary amides is 2. The number of amides is 3. The molecular formula is C18H26FN3O4.